The summed E-state index contributed by atoms with van der Waals surface area (Å²) in [6.45, 7) is 3.78. The molecule has 1 heterocycles. The van der Waals surface area contributed by atoms with Crippen LogP contribution in [0.15, 0.2) is 10.4 Å². The first kappa shape index (κ1) is 28.7. The zero-order valence-corrected chi connectivity index (χ0v) is 19.3. The minimum absolute atomic E-state index is 0.0215. The van der Waals surface area contributed by atoms with Crippen molar-refractivity contribution >= 4 is 33.5 Å². The summed E-state index contributed by atoms with van der Waals surface area (Å²) in [5, 5.41) is 8.43. The van der Waals surface area contributed by atoms with Crippen molar-refractivity contribution in [2.24, 2.45) is 0 Å². The normalized spacial score (nSPS) is 15.3. The van der Waals surface area contributed by atoms with E-state index in [0.29, 0.717) is 63.8 Å². The van der Waals surface area contributed by atoms with E-state index in [9.17, 15) is 18.0 Å². The van der Waals surface area contributed by atoms with Gasteiger partial charge in [0, 0.05) is 6.08 Å². The van der Waals surface area contributed by atoms with Crippen LogP contribution in [0.25, 0.3) is 0 Å². The van der Waals surface area contributed by atoms with Crippen LogP contribution < -0.4 is 0 Å². The molecule has 1 aliphatic heterocycles. The smallest absolute Gasteiger partial charge is 0.305 e. The summed E-state index contributed by atoms with van der Waals surface area (Å²) in [5.41, 5.74) is 0. The van der Waals surface area contributed by atoms with Gasteiger partial charge in [0.25, 0.3) is 15.9 Å². The molecular formula is C18H30ClNO11S. The Kier molecular flexibility index (Phi) is 15.4. The van der Waals surface area contributed by atoms with Crippen LogP contribution in [0.3, 0.4) is 0 Å². The molecule has 0 fully saturated rings. The van der Waals surface area contributed by atoms with Gasteiger partial charge >= 0.3 is 5.97 Å². The van der Waals surface area contributed by atoms with Crippen molar-refractivity contribution in [2.45, 2.75) is 6.42 Å². The molecule has 0 aromatic rings. The number of nitrogens with zero attached hydrogens (tertiary/aromatic N) is 1. The summed E-state index contributed by atoms with van der Waals surface area (Å²) in [6.07, 6.45) is 0.844. The average molecular weight is 504 g/mol. The fourth-order valence-electron chi connectivity index (χ4n) is 2.21. The average Bonchev–Trinajstić information content (AvgIpc) is 2.93. The Bertz CT molecular complexity index is 686. The van der Waals surface area contributed by atoms with Crippen molar-refractivity contribution in [2.75, 3.05) is 85.8 Å². The summed E-state index contributed by atoms with van der Waals surface area (Å²) in [4.78, 5) is 21.8. The zero-order chi connectivity index (χ0) is 23.7. The van der Waals surface area contributed by atoms with Gasteiger partial charge in [-0.25, -0.2) is 4.31 Å². The highest BCUT2D eigenvalue weighted by molar-refractivity contribution is 7.95. The molecule has 0 spiro atoms. The van der Waals surface area contributed by atoms with E-state index < -0.39 is 26.3 Å². The number of ether oxygens (including phenoxy) is 6. The number of carboxylic acid groups (broad SMARTS) is 1. The van der Waals surface area contributed by atoms with Crippen LogP contribution in [0.4, 0.5) is 0 Å². The molecule has 1 rings (SSSR count). The molecule has 32 heavy (non-hydrogen) atoms. The van der Waals surface area contributed by atoms with Crippen LogP contribution in [-0.2, 0) is 48.0 Å². The van der Waals surface area contributed by atoms with Gasteiger partial charge in [-0.3, -0.25) is 9.59 Å². The number of carboxylic acids is 1. The lowest BCUT2D eigenvalue weighted by Gasteiger charge is -2.15. The van der Waals surface area contributed by atoms with Crippen molar-refractivity contribution in [1.29, 1.82) is 0 Å². The van der Waals surface area contributed by atoms with Gasteiger partial charge in [0.1, 0.15) is 0 Å². The van der Waals surface area contributed by atoms with Gasteiger partial charge in [-0.2, -0.15) is 8.42 Å². The topological polar surface area (TPSA) is 147 Å². The van der Waals surface area contributed by atoms with E-state index in [0.717, 1.165) is 6.08 Å². The quantitative estimate of drug-likeness (QED) is 0.208. The van der Waals surface area contributed by atoms with Gasteiger partial charge in [0.15, 0.2) is 4.36 Å². The maximum absolute atomic E-state index is 11.7. The van der Waals surface area contributed by atoms with Gasteiger partial charge in [-0.1, -0.05) is 11.6 Å². The maximum Gasteiger partial charge on any atom is 0.305 e. The summed E-state index contributed by atoms with van der Waals surface area (Å²) in [6, 6.07) is 0. The molecule has 12 nitrogen and oxygen atoms in total. The molecule has 14 heteroatoms. The van der Waals surface area contributed by atoms with Gasteiger partial charge in [-0.05, 0) is 0 Å². The van der Waals surface area contributed by atoms with Crippen LogP contribution in [0.2, 0.25) is 0 Å². The number of sulfonamides is 1. The van der Waals surface area contributed by atoms with Gasteiger partial charge in [0.05, 0.1) is 92.2 Å². The largest absolute Gasteiger partial charge is 0.481 e. The molecule has 0 saturated carbocycles. The van der Waals surface area contributed by atoms with E-state index in [1.54, 1.807) is 0 Å². The van der Waals surface area contributed by atoms with Crippen molar-refractivity contribution < 1.29 is 51.5 Å². The summed E-state index contributed by atoms with van der Waals surface area (Å²) < 4.78 is 55.2. The minimum Gasteiger partial charge on any atom is -0.481 e. The van der Waals surface area contributed by atoms with Gasteiger partial charge in [-0.15, -0.1) is 0 Å². The second-order valence-electron chi connectivity index (χ2n) is 6.18. The van der Waals surface area contributed by atoms with Gasteiger partial charge in [0.2, 0.25) is 0 Å². The number of hydrogen-bond acceptors (Lipinski definition) is 10. The Morgan fingerprint density at radius 3 is 1.50 bits per heavy atom. The van der Waals surface area contributed by atoms with Crippen molar-refractivity contribution in [3.63, 3.8) is 0 Å². The van der Waals surface area contributed by atoms with E-state index in [1.165, 1.54) is 0 Å². The van der Waals surface area contributed by atoms with Crippen molar-refractivity contribution in [1.82, 2.24) is 4.31 Å². The number of aliphatic carboxylic acids is 1. The van der Waals surface area contributed by atoms with E-state index in [1.807, 2.05) is 0 Å². The predicted molar refractivity (Wildman–Crippen MR) is 112 cm³/mol. The molecule has 0 radical (unpaired) electrons. The Morgan fingerprint density at radius 1 is 0.781 bits per heavy atom. The van der Waals surface area contributed by atoms with Crippen LogP contribution >= 0.6 is 11.6 Å². The highest BCUT2D eigenvalue weighted by Gasteiger charge is 2.35. The van der Waals surface area contributed by atoms with E-state index in [2.05, 4.69) is 0 Å². The molecule has 0 aliphatic carbocycles. The number of carbonyl (C=O) groups is 2. The van der Waals surface area contributed by atoms with E-state index >= 15 is 0 Å². The fraction of sp³-hybridized carbons (Fsp3) is 0.778. The SMILES string of the molecule is O=C(O)CCOCCOCCOCCOCCOCCOCCN1C(=O)C=C(Cl)S1(=O)=O. The molecule has 0 saturated heterocycles. The Balaban J connectivity index is 1.77. The predicted octanol–water partition coefficient (Wildman–Crippen LogP) is -0.187. The zero-order valence-electron chi connectivity index (χ0n) is 17.7. The summed E-state index contributed by atoms with van der Waals surface area (Å²) in [7, 11) is -3.90. The first-order valence-corrected chi connectivity index (χ1v) is 11.8. The molecule has 1 N–H and O–H groups in total. The molecule has 0 bridgehead atoms. The molecule has 1 aliphatic rings. The molecule has 0 aromatic heterocycles. The Labute approximate surface area is 192 Å². The fourth-order valence-corrected chi connectivity index (χ4v) is 3.61. The minimum atomic E-state index is -3.90. The van der Waals surface area contributed by atoms with Crippen LogP contribution in [0.1, 0.15) is 6.42 Å². The van der Waals surface area contributed by atoms with Crippen LogP contribution in [0, 0.1) is 0 Å². The standard InChI is InChI=1S/C18H30ClNO11S/c19-16-15-17(21)20(32(16,24)25)2-4-27-6-8-29-10-12-31-14-13-30-11-9-28-7-5-26-3-1-18(22)23/h15H,1-14H2,(H,22,23). The highest BCUT2D eigenvalue weighted by atomic mass is 35.5. The number of carbonyl (C=O) groups excluding carboxylic acids is 1. The third kappa shape index (κ3) is 12.6. The van der Waals surface area contributed by atoms with Gasteiger partial charge < -0.3 is 33.5 Å². The first-order chi connectivity index (χ1) is 15.4. The Hall–Kier alpha value is -1.32. The van der Waals surface area contributed by atoms with Crippen LogP contribution in [0.5, 0.6) is 0 Å². The molecule has 1 amide bonds. The molecular weight excluding hydrogens is 474 g/mol. The summed E-state index contributed by atoms with van der Waals surface area (Å²) in [5.74, 6) is -1.57. The summed E-state index contributed by atoms with van der Waals surface area (Å²) >= 11 is 5.50. The highest BCUT2D eigenvalue weighted by Crippen LogP contribution is 2.24. The number of halogens is 1. The number of amides is 1. The lowest BCUT2D eigenvalue weighted by molar-refractivity contribution is -0.138. The van der Waals surface area contributed by atoms with E-state index in [4.69, 9.17) is 45.1 Å². The van der Waals surface area contributed by atoms with Crippen molar-refractivity contribution in [3.05, 3.63) is 10.4 Å². The third-order valence-electron chi connectivity index (χ3n) is 3.78. The molecule has 186 valence electrons. The van der Waals surface area contributed by atoms with E-state index in [-0.39, 0.29) is 32.8 Å². The third-order valence-corrected chi connectivity index (χ3v) is 6.03. The lowest BCUT2D eigenvalue weighted by Crippen LogP contribution is -2.33. The van der Waals surface area contributed by atoms with Crippen LogP contribution in [-0.4, -0.2) is 116 Å². The molecule has 0 aromatic carbocycles. The maximum atomic E-state index is 11.7. The second kappa shape index (κ2) is 17.2. The molecule has 0 atom stereocenters. The second-order valence-corrected chi connectivity index (χ2v) is 8.64. The lowest BCUT2D eigenvalue weighted by atomic mass is 10.5. The number of hydrogen-bond donors (Lipinski definition) is 1. The Morgan fingerprint density at radius 2 is 1.16 bits per heavy atom. The monoisotopic (exact) mass is 503 g/mol. The first-order valence-electron chi connectivity index (χ1n) is 9.98. The number of rotatable bonds is 21. The van der Waals surface area contributed by atoms with Crippen molar-refractivity contribution in [3.8, 4) is 0 Å². The molecule has 0 unspecified atom stereocenters.